The van der Waals surface area contributed by atoms with Gasteiger partial charge in [-0.2, -0.15) is 5.10 Å². The van der Waals surface area contributed by atoms with E-state index in [2.05, 4.69) is 10.4 Å². The number of hydrogen-bond acceptors (Lipinski definition) is 3. The fraction of sp³-hybridized carbons (Fsp3) is 0.176. The summed E-state index contributed by atoms with van der Waals surface area (Å²) in [6.07, 6.45) is 0. The first-order chi connectivity index (χ1) is 11.4. The molecular weight excluding hydrogens is 365 g/mol. The Bertz CT molecular complexity index is 901. The molecule has 0 saturated carbocycles. The molecule has 4 nitrogen and oxygen atoms in total. The monoisotopic (exact) mass is 379 g/mol. The molecule has 0 aliphatic rings. The predicted octanol–water partition coefficient (Wildman–Crippen LogP) is 5.17. The van der Waals surface area contributed by atoms with Crippen LogP contribution in [0.1, 0.15) is 25.9 Å². The van der Waals surface area contributed by atoms with Gasteiger partial charge in [-0.05, 0) is 50.2 Å². The standard InChI is InChI=1S/C17H15Cl2N3OS/c1-10-7-11(2)22(21-10)9-13-4-6-16(24-13)17(23)20-12-3-5-14(18)15(19)8-12/h3-8H,9H2,1-2H3,(H,20,23). The second kappa shape index (κ2) is 6.97. The lowest BCUT2D eigenvalue weighted by atomic mass is 10.3. The average molecular weight is 380 g/mol. The Morgan fingerprint density at radius 3 is 2.62 bits per heavy atom. The Kier molecular flexibility index (Phi) is 4.94. The molecule has 0 spiro atoms. The second-order valence-electron chi connectivity index (χ2n) is 5.43. The van der Waals surface area contributed by atoms with Crippen LogP contribution in [0.3, 0.4) is 0 Å². The van der Waals surface area contributed by atoms with Crippen LogP contribution in [0.15, 0.2) is 36.4 Å². The van der Waals surface area contributed by atoms with Gasteiger partial charge in [-0.25, -0.2) is 0 Å². The van der Waals surface area contributed by atoms with E-state index in [1.807, 2.05) is 36.7 Å². The lowest BCUT2D eigenvalue weighted by molar-refractivity contribution is 0.103. The third-order valence-electron chi connectivity index (χ3n) is 3.47. The maximum Gasteiger partial charge on any atom is 0.265 e. The minimum absolute atomic E-state index is 0.169. The molecule has 0 bridgehead atoms. The molecule has 2 heterocycles. The summed E-state index contributed by atoms with van der Waals surface area (Å²) in [5, 5.41) is 8.13. The molecule has 1 amide bonds. The van der Waals surface area contributed by atoms with Crippen molar-refractivity contribution in [2.75, 3.05) is 5.32 Å². The highest BCUT2D eigenvalue weighted by atomic mass is 35.5. The van der Waals surface area contributed by atoms with Crippen molar-refractivity contribution in [2.45, 2.75) is 20.4 Å². The van der Waals surface area contributed by atoms with E-state index in [0.29, 0.717) is 27.2 Å². The van der Waals surface area contributed by atoms with Crippen molar-refractivity contribution in [1.29, 1.82) is 0 Å². The first-order valence-corrected chi connectivity index (χ1v) is 8.86. The highest BCUT2D eigenvalue weighted by Gasteiger charge is 2.12. The van der Waals surface area contributed by atoms with Gasteiger partial charge in [0.1, 0.15) is 0 Å². The van der Waals surface area contributed by atoms with E-state index in [1.54, 1.807) is 18.2 Å². The summed E-state index contributed by atoms with van der Waals surface area (Å²) in [6.45, 7) is 4.64. The molecule has 0 aliphatic carbocycles. The molecule has 124 valence electrons. The number of halogens is 2. The number of nitrogens with zero attached hydrogens (tertiary/aromatic N) is 2. The maximum atomic E-state index is 12.3. The summed E-state index contributed by atoms with van der Waals surface area (Å²) < 4.78 is 1.93. The Morgan fingerprint density at radius 1 is 1.17 bits per heavy atom. The molecule has 0 atom stereocenters. The number of benzene rings is 1. The molecule has 0 saturated heterocycles. The Balaban J connectivity index is 1.71. The first-order valence-electron chi connectivity index (χ1n) is 7.28. The van der Waals surface area contributed by atoms with Gasteiger partial charge in [0.15, 0.2) is 0 Å². The molecular formula is C17H15Cl2N3OS. The molecule has 2 aromatic heterocycles. The van der Waals surface area contributed by atoms with Gasteiger partial charge in [0.2, 0.25) is 0 Å². The normalized spacial score (nSPS) is 10.8. The van der Waals surface area contributed by atoms with Crippen LogP contribution in [0.2, 0.25) is 10.0 Å². The number of nitrogens with one attached hydrogen (secondary N) is 1. The maximum absolute atomic E-state index is 12.3. The number of aryl methyl sites for hydroxylation is 2. The summed E-state index contributed by atoms with van der Waals surface area (Å²) in [5.41, 5.74) is 2.70. The van der Waals surface area contributed by atoms with Gasteiger partial charge in [0.25, 0.3) is 5.91 Å². The fourth-order valence-corrected chi connectivity index (χ4v) is 3.52. The number of amides is 1. The van der Waals surface area contributed by atoms with Crippen LogP contribution in [0.5, 0.6) is 0 Å². The highest BCUT2D eigenvalue weighted by Crippen LogP contribution is 2.26. The average Bonchev–Trinajstić information content (AvgIpc) is 3.10. The Labute approximate surface area is 154 Å². The molecule has 1 N–H and O–H groups in total. The van der Waals surface area contributed by atoms with Gasteiger partial charge in [-0.15, -0.1) is 11.3 Å². The molecule has 0 radical (unpaired) electrons. The van der Waals surface area contributed by atoms with E-state index in [1.165, 1.54) is 11.3 Å². The third-order valence-corrected chi connectivity index (χ3v) is 5.28. The summed E-state index contributed by atoms with van der Waals surface area (Å²) in [5.74, 6) is -0.169. The van der Waals surface area contributed by atoms with Crippen molar-refractivity contribution in [1.82, 2.24) is 9.78 Å². The highest BCUT2D eigenvalue weighted by molar-refractivity contribution is 7.14. The predicted molar refractivity (Wildman–Crippen MR) is 99.5 cm³/mol. The van der Waals surface area contributed by atoms with E-state index >= 15 is 0 Å². The van der Waals surface area contributed by atoms with Gasteiger partial charge in [-0.3, -0.25) is 9.48 Å². The molecule has 3 aromatic rings. The quantitative estimate of drug-likeness (QED) is 0.679. The minimum atomic E-state index is -0.169. The van der Waals surface area contributed by atoms with E-state index in [9.17, 15) is 4.79 Å². The van der Waals surface area contributed by atoms with Crippen molar-refractivity contribution in [3.05, 3.63) is 67.6 Å². The van der Waals surface area contributed by atoms with Crippen molar-refractivity contribution in [3.63, 3.8) is 0 Å². The number of carbonyl (C=O) groups excluding carboxylic acids is 1. The second-order valence-corrected chi connectivity index (χ2v) is 7.42. The summed E-state index contributed by atoms with van der Waals surface area (Å²) >= 11 is 13.3. The number of thiophene rings is 1. The lowest BCUT2D eigenvalue weighted by Crippen LogP contribution is -2.10. The van der Waals surface area contributed by atoms with Crippen molar-refractivity contribution < 1.29 is 4.79 Å². The van der Waals surface area contributed by atoms with E-state index in [4.69, 9.17) is 23.2 Å². The van der Waals surface area contributed by atoms with Crippen molar-refractivity contribution in [3.8, 4) is 0 Å². The van der Waals surface area contributed by atoms with Crippen LogP contribution in [0, 0.1) is 13.8 Å². The molecule has 0 fully saturated rings. The van der Waals surface area contributed by atoms with Crippen molar-refractivity contribution in [2.24, 2.45) is 0 Å². The van der Waals surface area contributed by atoms with E-state index in [-0.39, 0.29) is 5.91 Å². The molecule has 0 aliphatic heterocycles. The zero-order valence-electron chi connectivity index (χ0n) is 13.1. The van der Waals surface area contributed by atoms with Crippen LogP contribution >= 0.6 is 34.5 Å². The van der Waals surface area contributed by atoms with Gasteiger partial charge in [-0.1, -0.05) is 23.2 Å². The van der Waals surface area contributed by atoms with Crippen LogP contribution in [-0.4, -0.2) is 15.7 Å². The SMILES string of the molecule is Cc1cc(C)n(Cc2ccc(C(=O)Nc3ccc(Cl)c(Cl)c3)s2)n1. The van der Waals surface area contributed by atoms with Crippen LogP contribution < -0.4 is 5.32 Å². The van der Waals surface area contributed by atoms with E-state index in [0.717, 1.165) is 16.3 Å². The number of rotatable bonds is 4. The molecule has 3 rings (SSSR count). The Hall–Kier alpha value is -1.82. The number of anilines is 1. The topological polar surface area (TPSA) is 46.9 Å². The Morgan fingerprint density at radius 2 is 1.96 bits per heavy atom. The first kappa shape index (κ1) is 17.0. The number of carbonyl (C=O) groups is 1. The van der Waals surface area contributed by atoms with Crippen LogP contribution in [0.4, 0.5) is 5.69 Å². The minimum Gasteiger partial charge on any atom is -0.321 e. The fourth-order valence-electron chi connectivity index (χ4n) is 2.33. The third kappa shape index (κ3) is 3.80. The molecule has 0 unspecified atom stereocenters. The molecule has 24 heavy (non-hydrogen) atoms. The summed E-state index contributed by atoms with van der Waals surface area (Å²) in [7, 11) is 0. The smallest absolute Gasteiger partial charge is 0.265 e. The largest absolute Gasteiger partial charge is 0.321 e. The lowest BCUT2D eigenvalue weighted by Gasteiger charge is -2.05. The molecule has 1 aromatic carbocycles. The van der Waals surface area contributed by atoms with Gasteiger partial charge >= 0.3 is 0 Å². The van der Waals surface area contributed by atoms with Crippen LogP contribution in [0.25, 0.3) is 0 Å². The van der Waals surface area contributed by atoms with Gasteiger partial charge in [0.05, 0.1) is 27.2 Å². The van der Waals surface area contributed by atoms with Gasteiger partial charge in [0, 0.05) is 16.3 Å². The zero-order chi connectivity index (χ0) is 17.3. The molecule has 7 heteroatoms. The number of aromatic nitrogens is 2. The van der Waals surface area contributed by atoms with Crippen LogP contribution in [-0.2, 0) is 6.54 Å². The summed E-state index contributed by atoms with van der Waals surface area (Å²) in [6, 6.07) is 10.8. The van der Waals surface area contributed by atoms with E-state index < -0.39 is 0 Å². The van der Waals surface area contributed by atoms with Crippen molar-refractivity contribution >= 4 is 46.1 Å². The zero-order valence-corrected chi connectivity index (χ0v) is 15.5. The summed E-state index contributed by atoms with van der Waals surface area (Å²) in [4.78, 5) is 14.1. The number of hydrogen-bond donors (Lipinski definition) is 1. The van der Waals surface area contributed by atoms with Gasteiger partial charge < -0.3 is 5.32 Å².